The molecule has 1 atom stereocenters. The minimum Gasteiger partial charge on any atom is -0.489 e. The number of ether oxygens (including phenoxy) is 1. The molecule has 1 heterocycles. The van der Waals surface area contributed by atoms with Gasteiger partial charge in [-0.2, -0.15) is 0 Å². The van der Waals surface area contributed by atoms with Gasteiger partial charge in [-0.25, -0.2) is 4.39 Å². The molecule has 1 rings (SSSR count). The van der Waals surface area contributed by atoms with Gasteiger partial charge in [0.05, 0.1) is 5.69 Å². The predicted octanol–water partition coefficient (Wildman–Crippen LogP) is 1.63. The van der Waals surface area contributed by atoms with Crippen LogP contribution < -0.4 is 10.5 Å². The monoisotopic (exact) mass is 212 g/mol. The maximum Gasteiger partial charge on any atom is 0.140 e. The number of nitrogens with zero attached hydrogens (tertiary/aromatic N) is 1. The minimum absolute atomic E-state index is 0.0204. The Labute approximate surface area is 89.5 Å². The van der Waals surface area contributed by atoms with Gasteiger partial charge in [0.15, 0.2) is 0 Å². The van der Waals surface area contributed by atoms with Crippen molar-refractivity contribution in [2.45, 2.75) is 26.3 Å². The molecule has 0 aliphatic heterocycles. The van der Waals surface area contributed by atoms with Gasteiger partial charge in [-0.15, -0.1) is 0 Å². The van der Waals surface area contributed by atoms with Crippen LogP contribution in [0, 0.1) is 6.92 Å². The van der Waals surface area contributed by atoms with E-state index in [1.54, 1.807) is 0 Å². The van der Waals surface area contributed by atoms with Crippen LogP contribution in [0.3, 0.4) is 0 Å². The van der Waals surface area contributed by atoms with E-state index in [0.29, 0.717) is 12.2 Å². The lowest BCUT2D eigenvalue weighted by atomic mass is 10.1. The molecule has 84 valence electrons. The van der Waals surface area contributed by atoms with Crippen molar-refractivity contribution in [3.8, 4) is 5.75 Å². The Balaban J connectivity index is 2.82. The summed E-state index contributed by atoms with van der Waals surface area (Å²) in [5, 5.41) is 0. The average molecular weight is 212 g/mol. The van der Waals surface area contributed by atoms with Crippen LogP contribution in [0.15, 0.2) is 12.1 Å². The zero-order chi connectivity index (χ0) is 11.3. The summed E-state index contributed by atoms with van der Waals surface area (Å²) in [7, 11) is 0. The van der Waals surface area contributed by atoms with E-state index in [-0.39, 0.29) is 12.6 Å². The van der Waals surface area contributed by atoms with E-state index in [1.165, 1.54) is 0 Å². The molecule has 0 bridgehead atoms. The SMILES string of the molecule is Cc1ccc(OCCF)c(CC(C)N)n1. The number of rotatable bonds is 5. The van der Waals surface area contributed by atoms with Gasteiger partial charge in [0, 0.05) is 18.2 Å². The summed E-state index contributed by atoms with van der Waals surface area (Å²) >= 11 is 0. The summed E-state index contributed by atoms with van der Waals surface area (Å²) < 4.78 is 17.2. The highest BCUT2D eigenvalue weighted by Crippen LogP contribution is 2.18. The molecule has 2 N–H and O–H groups in total. The van der Waals surface area contributed by atoms with Crippen molar-refractivity contribution in [1.82, 2.24) is 4.98 Å². The maximum absolute atomic E-state index is 12.0. The van der Waals surface area contributed by atoms with Crippen LogP contribution in [0.1, 0.15) is 18.3 Å². The fourth-order valence-electron chi connectivity index (χ4n) is 1.33. The maximum atomic E-state index is 12.0. The second kappa shape index (κ2) is 5.66. The molecular weight excluding hydrogens is 195 g/mol. The van der Waals surface area contributed by atoms with Crippen molar-refractivity contribution in [2.75, 3.05) is 13.3 Å². The van der Waals surface area contributed by atoms with E-state index in [1.807, 2.05) is 26.0 Å². The van der Waals surface area contributed by atoms with Crippen LogP contribution >= 0.6 is 0 Å². The number of hydrogen-bond donors (Lipinski definition) is 1. The van der Waals surface area contributed by atoms with E-state index in [2.05, 4.69) is 4.98 Å². The van der Waals surface area contributed by atoms with Crippen LogP contribution in [-0.2, 0) is 6.42 Å². The summed E-state index contributed by atoms with van der Waals surface area (Å²) in [5.74, 6) is 0.635. The molecule has 0 amide bonds. The van der Waals surface area contributed by atoms with Crippen LogP contribution in [-0.4, -0.2) is 24.3 Å². The first kappa shape index (κ1) is 11.9. The van der Waals surface area contributed by atoms with Crippen LogP contribution in [0.4, 0.5) is 4.39 Å². The average Bonchev–Trinajstić information content (AvgIpc) is 2.16. The molecule has 1 unspecified atom stereocenters. The summed E-state index contributed by atoms with van der Waals surface area (Å²) in [6.07, 6.45) is 0.642. The molecule has 0 fully saturated rings. The van der Waals surface area contributed by atoms with E-state index >= 15 is 0 Å². The number of halogens is 1. The van der Waals surface area contributed by atoms with Gasteiger partial charge in [0.1, 0.15) is 19.0 Å². The summed E-state index contributed by atoms with van der Waals surface area (Å²) in [6.45, 7) is 3.38. The minimum atomic E-state index is -0.495. The Morgan fingerprint density at radius 2 is 2.27 bits per heavy atom. The Hall–Kier alpha value is -1.16. The predicted molar refractivity (Wildman–Crippen MR) is 57.8 cm³/mol. The molecule has 0 radical (unpaired) electrons. The van der Waals surface area contributed by atoms with Crippen molar-refractivity contribution >= 4 is 0 Å². The topological polar surface area (TPSA) is 48.1 Å². The molecule has 0 aliphatic carbocycles. The molecule has 4 heteroatoms. The lowest BCUT2D eigenvalue weighted by Crippen LogP contribution is -2.19. The van der Waals surface area contributed by atoms with Gasteiger partial charge in [-0.05, 0) is 26.0 Å². The van der Waals surface area contributed by atoms with Crippen LogP contribution in [0.25, 0.3) is 0 Å². The molecular formula is C11H17FN2O. The Morgan fingerprint density at radius 1 is 1.53 bits per heavy atom. The molecule has 0 saturated heterocycles. The third-order valence-corrected chi connectivity index (χ3v) is 1.92. The van der Waals surface area contributed by atoms with Gasteiger partial charge < -0.3 is 10.5 Å². The fourth-order valence-corrected chi connectivity index (χ4v) is 1.33. The summed E-state index contributed by atoms with van der Waals surface area (Å²) in [5.41, 5.74) is 7.42. The van der Waals surface area contributed by atoms with Gasteiger partial charge >= 0.3 is 0 Å². The van der Waals surface area contributed by atoms with Gasteiger partial charge in [0.25, 0.3) is 0 Å². The molecule has 1 aromatic rings. The van der Waals surface area contributed by atoms with Crippen molar-refractivity contribution < 1.29 is 9.13 Å². The molecule has 3 nitrogen and oxygen atoms in total. The molecule has 0 saturated carbocycles. The first-order valence-corrected chi connectivity index (χ1v) is 5.04. The van der Waals surface area contributed by atoms with E-state index < -0.39 is 6.67 Å². The molecule has 0 aliphatic rings. The summed E-state index contributed by atoms with van der Waals surface area (Å²) in [6, 6.07) is 3.68. The van der Waals surface area contributed by atoms with E-state index in [0.717, 1.165) is 11.4 Å². The quantitative estimate of drug-likeness (QED) is 0.807. The van der Waals surface area contributed by atoms with Crippen LogP contribution in [0.2, 0.25) is 0 Å². The second-order valence-electron chi connectivity index (χ2n) is 3.62. The normalized spacial score (nSPS) is 12.5. The van der Waals surface area contributed by atoms with Crippen molar-refractivity contribution in [1.29, 1.82) is 0 Å². The largest absolute Gasteiger partial charge is 0.489 e. The molecule has 1 aromatic heterocycles. The number of aryl methyl sites for hydroxylation is 1. The number of alkyl halides is 1. The number of hydrogen-bond acceptors (Lipinski definition) is 3. The van der Waals surface area contributed by atoms with Crippen molar-refractivity contribution in [3.05, 3.63) is 23.5 Å². The number of aromatic nitrogens is 1. The Morgan fingerprint density at radius 3 is 2.87 bits per heavy atom. The highest BCUT2D eigenvalue weighted by atomic mass is 19.1. The first-order valence-electron chi connectivity index (χ1n) is 5.04. The first-order chi connectivity index (χ1) is 7.13. The zero-order valence-electron chi connectivity index (χ0n) is 9.16. The lowest BCUT2D eigenvalue weighted by Gasteiger charge is -2.11. The molecule has 0 aromatic carbocycles. The molecule has 15 heavy (non-hydrogen) atoms. The Kier molecular flexibility index (Phi) is 4.49. The van der Waals surface area contributed by atoms with Gasteiger partial charge in [-0.3, -0.25) is 4.98 Å². The van der Waals surface area contributed by atoms with Gasteiger partial charge in [-0.1, -0.05) is 0 Å². The zero-order valence-corrected chi connectivity index (χ0v) is 9.16. The van der Waals surface area contributed by atoms with Gasteiger partial charge in [0.2, 0.25) is 0 Å². The van der Waals surface area contributed by atoms with Crippen molar-refractivity contribution in [3.63, 3.8) is 0 Å². The Bertz CT molecular complexity index is 315. The van der Waals surface area contributed by atoms with Crippen molar-refractivity contribution in [2.24, 2.45) is 5.73 Å². The number of nitrogens with two attached hydrogens (primary N) is 1. The lowest BCUT2D eigenvalue weighted by molar-refractivity contribution is 0.269. The smallest absolute Gasteiger partial charge is 0.140 e. The van der Waals surface area contributed by atoms with E-state index in [9.17, 15) is 4.39 Å². The fraction of sp³-hybridized carbons (Fsp3) is 0.545. The second-order valence-corrected chi connectivity index (χ2v) is 3.62. The third kappa shape index (κ3) is 3.83. The highest BCUT2D eigenvalue weighted by Gasteiger charge is 2.08. The van der Waals surface area contributed by atoms with E-state index in [4.69, 9.17) is 10.5 Å². The highest BCUT2D eigenvalue weighted by molar-refractivity contribution is 5.29. The molecule has 0 spiro atoms. The van der Waals surface area contributed by atoms with Crippen LogP contribution in [0.5, 0.6) is 5.75 Å². The standard InChI is InChI=1S/C11H17FN2O/c1-8(13)7-10-11(15-6-5-12)4-3-9(2)14-10/h3-4,8H,5-7,13H2,1-2H3. The third-order valence-electron chi connectivity index (χ3n) is 1.92. The number of pyridine rings is 1. The summed E-state index contributed by atoms with van der Waals surface area (Å²) in [4.78, 5) is 4.34.